The van der Waals surface area contributed by atoms with Gasteiger partial charge >= 0.3 is 0 Å². The fraction of sp³-hybridized carbons (Fsp3) is 0.625. The highest BCUT2D eigenvalue weighted by Gasteiger charge is 2.05. The van der Waals surface area contributed by atoms with E-state index in [2.05, 4.69) is 20.4 Å². The van der Waals surface area contributed by atoms with Crippen LogP contribution in [-0.2, 0) is 4.79 Å². The van der Waals surface area contributed by atoms with Crippen molar-refractivity contribution in [2.24, 2.45) is 11.7 Å². The molecule has 0 rings (SSSR count). The standard InChI is InChI=1S/C8H15NO/c1-4-6(2)5-7(3)8(9)10/h6H,3-5H2,1-2H3,(H2,9,10). The van der Waals surface area contributed by atoms with Gasteiger partial charge < -0.3 is 5.73 Å². The summed E-state index contributed by atoms with van der Waals surface area (Å²) in [6, 6.07) is 0. The molecule has 0 spiro atoms. The van der Waals surface area contributed by atoms with E-state index in [-0.39, 0.29) is 5.91 Å². The van der Waals surface area contributed by atoms with Crippen LogP contribution in [0.1, 0.15) is 26.7 Å². The summed E-state index contributed by atoms with van der Waals surface area (Å²) in [4.78, 5) is 10.5. The minimum absolute atomic E-state index is 0.375. The van der Waals surface area contributed by atoms with Crippen molar-refractivity contribution < 1.29 is 4.79 Å². The van der Waals surface area contributed by atoms with E-state index in [4.69, 9.17) is 5.73 Å². The van der Waals surface area contributed by atoms with Gasteiger partial charge in [0.05, 0.1) is 0 Å². The number of carbonyl (C=O) groups excluding carboxylic acids is 1. The Bertz CT molecular complexity index is 140. The van der Waals surface area contributed by atoms with Crippen LogP contribution in [0, 0.1) is 5.92 Å². The van der Waals surface area contributed by atoms with E-state index in [1.54, 1.807) is 0 Å². The third-order valence-electron chi connectivity index (χ3n) is 1.64. The number of amides is 1. The average molecular weight is 141 g/mol. The van der Waals surface area contributed by atoms with Gasteiger partial charge in [0.2, 0.25) is 5.91 Å². The SMILES string of the molecule is C=C(CC(C)CC)C(N)=O. The number of primary amides is 1. The van der Waals surface area contributed by atoms with Gasteiger partial charge in [-0.2, -0.15) is 0 Å². The normalized spacial score (nSPS) is 12.6. The molecule has 0 aliphatic rings. The van der Waals surface area contributed by atoms with E-state index in [0.717, 1.165) is 12.8 Å². The molecule has 0 aromatic carbocycles. The highest BCUT2D eigenvalue weighted by atomic mass is 16.1. The smallest absolute Gasteiger partial charge is 0.244 e. The molecule has 0 fully saturated rings. The molecule has 2 nitrogen and oxygen atoms in total. The summed E-state index contributed by atoms with van der Waals surface area (Å²) in [5, 5.41) is 0. The molecule has 1 amide bonds. The van der Waals surface area contributed by atoms with Crippen molar-refractivity contribution in [3.63, 3.8) is 0 Å². The molecule has 2 heteroatoms. The number of rotatable bonds is 4. The first-order valence-electron chi connectivity index (χ1n) is 3.55. The molecule has 1 atom stereocenters. The number of nitrogens with two attached hydrogens (primary N) is 1. The van der Waals surface area contributed by atoms with Gasteiger partial charge in [-0.25, -0.2) is 0 Å². The molecule has 0 saturated heterocycles. The Morgan fingerprint density at radius 3 is 2.50 bits per heavy atom. The fourth-order valence-corrected chi connectivity index (χ4v) is 0.666. The summed E-state index contributed by atoms with van der Waals surface area (Å²) in [7, 11) is 0. The molecule has 1 unspecified atom stereocenters. The summed E-state index contributed by atoms with van der Waals surface area (Å²) in [6.45, 7) is 7.73. The van der Waals surface area contributed by atoms with Crippen LogP contribution in [0.25, 0.3) is 0 Å². The number of hydrogen-bond donors (Lipinski definition) is 1. The third kappa shape index (κ3) is 3.28. The van der Waals surface area contributed by atoms with Gasteiger partial charge in [0, 0.05) is 5.57 Å². The lowest BCUT2D eigenvalue weighted by molar-refractivity contribution is -0.114. The Kier molecular flexibility index (Phi) is 3.77. The zero-order chi connectivity index (χ0) is 8.15. The van der Waals surface area contributed by atoms with Crippen molar-refractivity contribution in [1.29, 1.82) is 0 Å². The molecule has 0 aromatic rings. The molecule has 0 bridgehead atoms. The average Bonchev–Trinajstić information content (AvgIpc) is 1.87. The minimum atomic E-state index is -0.375. The zero-order valence-electron chi connectivity index (χ0n) is 6.68. The third-order valence-corrected chi connectivity index (χ3v) is 1.64. The highest BCUT2D eigenvalue weighted by Crippen LogP contribution is 2.11. The van der Waals surface area contributed by atoms with Crippen LogP contribution in [0.15, 0.2) is 12.2 Å². The van der Waals surface area contributed by atoms with E-state index < -0.39 is 0 Å². The van der Waals surface area contributed by atoms with E-state index in [1.807, 2.05) is 0 Å². The van der Waals surface area contributed by atoms with Crippen molar-refractivity contribution in [1.82, 2.24) is 0 Å². The molecule has 2 N–H and O–H groups in total. The monoisotopic (exact) mass is 141 g/mol. The highest BCUT2D eigenvalue weighted by molar-refractivity contribution is 5.91. The van der Waals surface area contributed by atoms with Gasteiger partial charge in [0.15, 0.2) is 0 Å². The van der Waals surface area contributed by atoms with Crippen LogP contribution in [0.5, 0.6) is 0 Å². The first-order valence-corrected chi connectivity index (χ1v) is 3.55. The second kappa shape index (κ2) is 4.09. The first-order chi connectivity index (χ1) is 4.57. The van der Waals surface area contributed by atoms with Gasteiger partial charge in [-0.15, -0.1) is 0 Å². The molecule has 58 valence electrons. The molecule has 0 saturated carbocycles. The second-order valence-corrected chi connectivity index (χ2v) is 2.69. The predicted molar refractivity (Wildman–Crippen MR) is 42.4 cm³/mol. The maximum Gasteiger partial charge on any atom is 0.244 e. The van der Waals surface area contributed by atoms with Crippen molar-refractivity contribution in [2.45, 2.75) is 26.7 Å². The zero-order valence-corrected chi connectivity index (χ0v) is 6.68. The van der Waals surface area contributed by atoms with Gasteiger partial charge in [0.25, 0.3) is 0 Å². The van der Waals surface area contributed by atoms with Crippen LogP contribution in [-0.4, -0.2) is 5.91 Å². The lowest BCUT2D eigenvalue weighted by Crippen LogP contribution is -2.14. The molecule has 10 heavy (non-hydrogen) atoms. The van der Waals surface area contributed by atoms with E-state index in [9.17, 15) is 4.79 Å². The van der Waals surface area contributed by atoms with Crippen LogP contribution in [0.4, 0.5) is 0 Å². The van der Waals surface area contributed by atoms with E-state index >= 15 is 0 Å². The molecule has 0 aliphatic heterocycles. The number of hydrogen-bond acceptors (Lipinski definition) is 1. The first kappa shape index (κ1) is 9.21. The lowest BCUT2D eigenvalue weighted by atomic mass is 10.00. The van der Waals surface area contributed by atoms with Crippen LogP contribution in [0.3, 0.4) is 0 Å². The van der Waals surface area contributed by atoms with Crippen molar-refractivity contribution in [3.8, 4) is 0 Å². The predicted octanol–water partition coefficient (Wildman–Crippen LogP) is 1.46. The largest absolute Gasteiger partial charge is 0.366 e. The molecular weight excluding hydrogens is 126 g/mol. The quantitative estimate of drug-likeness (QED) is 0.592. The summed E-state index contributed by atoms with van der Waals surface area (Å²) in [5.41, 5.74) is 5.54. The number of carbonyl (C=O) groups is 1. The Balaban J connectivity index is 3.68. The minimum Gasteiger partial charge on any atom is -0.366 e. The second-order valence-electron chi connectivity index (χ2n) is 2.69. The van der Waals surface area contributed by atoms with Crippen molar-refractivity contribution in [3.05, 3.63) is 12.2 Å². The van der Waals surface area contributed by atoms with E-state index in [0.29, 0.717) is 11.5 Å². The van der Waals surface area contributed by atoms with Crippen molar-refractivity contribution >= 4 is 5.91 Å². The molecule has 0 aliphatic carbocycles. The Morgan fingerprint density at radius 1 is 1.70 bits per heavy atom. The Hall–Kier alpha value is -0.790. The molecular formula is C8H15NO. The van der Waals surface area contributed by atoms with Gasteiger partial charge in [-0.3, -0.25) is 4.79 Å². The Labute approximate surface area is 62.1 Å². The van der Waals surface area contributed by atoms with Crippen LogP contribution in [0.2, 0.25) is 0 Å². The maximum atomic E-state index is 10.5. The van der Waals surface area contributed by atoms with Gasteiger partial charge in [-0.1, -0.05) is 26.8 Å². The Morgan fingerprint density at radius 2 is 2.20 bits per heavy atom. The molecule has 0 aromatic heterocycles. The molecule has 0 radical (unpaired) electrons. The summed E-state index contributed by atoms with van der Waals surface area (Å²) in [6.07, 6.45) is 1.79. The fourth-order valence-electron chi connectivity index (χ4n) is 0.666. The van der Waals surface area contributed by atoms with Crippen LogP contribution < -0.4 is 5.73 Å². The van der Waals surface area contributed by atoms with Crippen molar-refractivity contribution in [2.75, 3.05) is 0 Å². The maximum absolute atomic E-state index is 10.5. The summed E-state index contributed by atoms with van der Waals surface area (Å²) < 4.78 is 0. The summed E-state index contributed by atoms with van der Waals surface area (Å²) >= 11 is 0. The van der Waals surface area contributed by atoms with Crippen LogP contribution >= 0.6 is 0 Å². The van der Waals surface area contributed by atoms with Gasteiger partial charge in [-0.05, 0) is 12.3 Å². The summed E-state index contributed by atoms with van der Waals surface area (Å²) in [5.74, 6) is 0.139. The van der Waals surface area contributed by atoms with Gasteiger partial charge in [0.1, 0.15) is 0 Å². The molecule has 0 heterocycles. The topological polar surface area (TPSA) is 43.1 Å². The van der Waals surface area contributed by atoms with E-state index in [1.165, 1.54) is 0 Å². The lowest BCUT2D eigenvalue weighted by Gasteiger charge is -2.06.